The van der Waals surface area contributed by atoms with Crippen molar-refractivity contribution in [2.75, 3.05) is 12.4 Å². The maximum atomic E-state index is 12.3. The van der Waals surface area contributed by atoms with E-state index in [-0.39, 0.29) is 12.5 Å². The molecule has 1 saturated heterocycles. The van der Waals surface area contributed by atoms with Crippen LogP contribution in [0.2, 0.25) is 0 Å². The molecule has 2 aromatic carbocycles. The first-order valence-electron chi connectivity index (χ1n) is 13.7. The standard InChI is InChI=1S/C31H36O9S/c1-6-21-7-9-22(10-8-21)24-13-14-41-27-12-11-23(15-25(24)27)28-30(38-19(4)34)31(39-20(5)35)29(37-18(3)33)26(40-28)16-36-17(2)32/h7-12,15,24,26,28-31H,6,13-14,16H2,1-5H3. The van der Waals surface area contributed by atoms with E-state index in [1.54, 1.807) is 11.8 Å². The van der Waals surface area contributed by atoms with E-state index in [2.05, 4.69) is 31.2 Å². The first kappa shape index (κ1) is 30.6. The number of carbonyl (C=O) groups is 4. The van der Waals surface area contributed by atoms with E-state index in [9.17, 15) is 19.2 Å². The van der Waals surface area contributed by atoms with E-state index in [1.165, 1.54) is 38.8 Å². The third-order valence-electron chi connectivity index (χ3n) is 7.18. The van der Waals surface area contributed by atoms with Crippen molar-refractivity contribution in [1.82, 2.24) is 0 Å². The topological polar surface area (TPSA) is 114 Å². The first-order chi connectivity index (χ1) is 19.6. The van der Waals surface area contributed by atoms with Crippen LogP contribution in [0.1, 0.15) is 75.3 Å². The van der Waals surface area contributed by atoms with Gasteiger partial charge in [-0.05, 0) is 46.9 Å². The van der Waals surface area contributed by atoms with Crippen LogP contribution in [0, 0.1) is 0 Å². The molecular weight excluding hydrogens is 548 g/mol. The number of carbonyl (C=O) groups excluding carboxylic acids is 4. The van der Waals surface area contributed by atoms with Crippen LogP contribution in [0.5, 0.6) is 0 Å². The second-order valence-corrected chi connectivity index (χ2v) is 11.3. The Balaban J connectivity index is 1.78. The lowest BCUT2D eigenvalue weighted by Crippen LogP contribution is -2.59. The molecule has 4 rings (SSSR count). The van der Waals surface area contributed by atoms with Crippen molar-refractivity contribution in [3.05, 3.63) is 64.7 Å². The van der Waals surface area contributed by atoms with Gasteiger partial charge in [-0.1, -0.05) is 43.3 Å². The summed E-state index contributed by atoms with van der Waals surface area (Å²) in [4.78, 5) is 49.3. The zero-order valence-electron chi connectivity index (χ0n) is 23.9. The average molecular weight is 585 g/mol. The Kier molecular flexibility index (Phi) is 10.1. The molecule has 2 heterocycles. The number of aryl methyl sites for hydroxylation is 1. The summed E-state index contributed by atoms with van der Waals surface area (Å²) in [6.45, 7) is 6.78. The molecule has 0 aliphatic carbocycles. The lowest BCUT2D eigenvalue weighted by Gasteiger charge is -2.44. The second-order valence-electron chi connectivity index (χ2n) is 10.2. The van der Waals surface area contributed by atoms with E-state index in [1.807, 2.05) is 18.2 Å². The van der Waals surface area contributed by atoms with Gasteiger partial charge >= 0.3 is 23.9 Å². The summed E-state index contributed by atoms with van der Waals surface area (Å²) in [5, 5.41) is 0. The van der Waals surface area contributed by atoms with Gasteiger partial charge in [-0.3, -0.25) is 19.2 Å². The van der Waals surface area contributed by atoms with E-state index in [4.69, 9.17) is 23.7 Å². The number of esters is 4. The molecule has 220 valence electrons. The highest BCUT2D eigenvalue weighted by Gasteiger charge is 2.52. The van der Waals surface area contributed by atoms with Crippen molar-refractivity contribution < 1.29 is 42.9 Å². The molecule has 0 bridgehead atoms. The third kappa shape index (κ3) is 7.48. The maximum Gasteiger partial charge on any atom is 0.303 e. The minimum absolute atomic E-state index is 0.155. The molecule has 41 heavy (non-hydrogen) atoms. The van der Waals surface area contributed by atoms with Crippen LogP contribution in [-0.4, -0.2) is 60.7 Å². The quantitative estimate of drug-likeness (QED) is 0.320. The summed E-state index contributed by atoms with van der Waals surface area (Å²) in [5.74, 6) is -1.36. The number of fused-ring (bicyclic) bond motifs is 1. The molecule has 1 fully saturated rings. The molecule has 0 aromatic heterocycles. The van der Waals surface area contributed by atoms with Gasteiger partial charge in [0, 0.05) is 38.5 Å². The van der Waals surface area contributed by atoms with Crippen molar-refractivity contribution in [2.24, 2.45) is 0 Å². The molecule has 2 aliphatic heterocycles. The monoisotopic (exact) mass is 584 g/mol. The Bertz CT molecular complexity index is 1270. The molecule has 2 aliphatic rings. The number of rotatable bonds is 8. The number of thioether (sulfide) groups is 1. The maximum absolute atomic E-state index is 12.3. The van der Waals surface area contributed by atoms with Gasteiger partial charge in [-0.2, -0.15) is 0 Å². The number of benzene rings is 2. The van der Waals surface area contributed by atoms with Gasteiger partial charge in [-0.15, -0.1) is 11.8 Å². The van der Waals surface area contributed by atoms with E-state index < -0.39 is 54.4 Å². The zero-order chi connectivity index (χ0) is 29.7. The minimum Gasteiger partial charge on any atom is -0.463 e. The highest BCUT2D eigenvalue weighted by atomic mass is 32.2. The number of hydrogen-bond acceptors (Lipinski definition) is 10. The molecule has 9 nitrogen and oxygen atoms in total. The molecular formula is C31H36O9S. The van der Waals surface area contributed by atoms with Crippen LogP contribution in [0.25, 0.3) is 0 Å². The molecule has 2 aromatic rings. The Morgan fingerprint density at radius 1 is 0.805 bits per heavy atom. The van der Waals surface area contributed by atoms with Crippen molar-refractivity contribution in [1.29, 1.82) is 0 Å². The third-order valence-corrected chi connectivity index (χ3v) is 8.31. The molecule has 0 N–H and O–H groups in total. The van der Waals surface area contributed by atoms with Crippen LogP contribution >= 0.6 is 11.8 Å². The largest absolute Gasteiger partial charge is 0.463 e. The Hall–Kier alpha value is -3.37. The van der Waals surface area contributed by atoms with Crippen LogP contribution in [0.15, 0.2) is 47.4 Å². The fourth-order valence-corrected chi connectivity index (χ4v) is 6.52. The normalized spacial score (nSPS) is 25.4. The number of ether oxygens (including phenoxy) is 5. The fraction of sp³-hybridized carbons (Fsp3) is 0.484. The summed E-state index contributed by atoms with van der Waals surface area (Å²) >= 11 is 1.78. The van der Waals surface area contributed by atoms with Crippen LogP contribution < -0.4 is 0 Å². The molecule has 0 spiro atoms. The summed E-state index contributed by atoms with van der Waals surface area (Å²) < 4.78 is 28.4. The van der Waals surface area contributed by atoms with Crippen LogP contribution in [0.4, 0.5) is 0 Å². The van der Waals surface area contributed by atoms with Crippen molar-refractivity contribution in [3.8, 4) is 0 Å². The molecule has 6 atom stereocenters. The first-order valence-corrected chi connectivity index (χ1v) is 14.7. The predicted octanol–water partition coefficient (Wildman–Crippen LogP) is 4.67. The predicted molar refractivity (Wildman–Crippen MR) is 150 cm³/mol. The zero-order valence-corrected chi connectivity index (χ0v) is 24.7. The summed E-state index contributed by atoms with van der Waals surface area (Å²) in [6.07, 6.45) is -3.51. The lowest BCUT2D eigenvalue weighted by atomic mass is 9.85. The SMILES string of the molecule is CCc1ccc(C2CCSc3ccc(C4OC(COC(C)=O)C(OC(C)=O)C(OC(C)=O)C4OC(C)=O)cc32)cc1. The van der Waals surface area contributed by atoms with Crippen molar-refractivity contribution >= 4 is 35.6 Å². The highest BCUT2D eigenvalue weighted by Crippen LogP contribution is 2.44. The smallest absolute Gasteiger partial charge is 0.303 e. The Labute approximate surface area is 244 Å². The van der Waals surface area contributed by atoms with Gasteiger partial charge in [-0.25, -0.2) is 0 Å². The van der Waals surface area contributed by atoms with Crippen molar-refractivity contribution in [2.45, 2.75) is 88.8 Å². The molecule has 6 unspecified atom stereocenters. The van der Waals surface area contributed by atoms with Crippen LogP contribution in [-0.2, 0) is 49.3 Å². The summed E-state index contributed by atoms with van der Waals surface area (Å²) in [5.41, 5.74) is 4.29. The molecule has 0 radical (unpaired) electrons. The minimum atomic E-state index is -1.21. The van der Waals surface area contributed by atoms with Gasteiger partial charge in [0.25, 0.3) is 0 Å². The van der Waals surface area contributed by atoms with E-state index in [0.717, 1.165) is 29.1 Å². The van der Waals surface area contributed by atoms with Gasteiger partial charge in [0.05, 0.1) is 0 Å². The Morgan fingerprint density at radius 2 is 1.41 bits per heavy atom. The fourth-order valence-electron chi connectivity index (χ4n) is 5.42. The average Bonchev–Trinajstić information content (AvgIpc) is 2.93. The molecule has 0 saturated carbocycles. The second kappa shape index (κ2) is 13.5. The summed E-state index contributed by atoms with van der Waals surface area (Å²) in [6, 6.07) is 14.6. The Morgan fingerprint density at radius 3 is 2.02 bits per heavy atom. The van der Waals surface area contributed by atoms with Gasteiger partial charge in [0.2, 0.25) is 0 Å². The summed E-state index contributed by atoms with van der Waals surface area (Å²) in [7, 11) is 0. The van der Waals surface area contributed by atoms with E-state index in [0.29, 0.717) is 5.56 Å². The highest BCUT2D eigenvalue weighted by molar-refractivity contribution is 7.99. The van der Waals surface area contributed by atoms with Crippen molar-refractivity contribution in [3.63, 3.8) is 0 Å². The molecule has 0 amide bonds. The lowest BCUT2D eigenvalue weighted by molar-refractivity contribution is -0.254. The number of hydrogen-bond donors (Lipinski definition) is 0. The van der Waals surface area contributed by atoms with Gasteiger partial charge < -0.3 is 23.7 Å². The van der Waals surface area contributed by atoms with E-state index >= 15 is 0 Å². The van der Waals surface area contributed by atoms with Crippen LogP contribution in [0.3, 0.4) is 0 Å². The van der Waals surface area contributed by atoms with Gasteiger partial charge in [0.1, 0.15) is 18.8 Å². The molecule has 10 heteroatoms. The van der Waals surface area contributed by atoms with Gasteiger partial charge in [0.15, 0.2) is 18.3 Å².